The molecule has 1 aromatic rings. The SMILES string of the molecule is CC1C(O)CC(COc2cc(F)ccc2C(=O)N2CC(=N)/C(=C3/N=CC(Cl)=CN3)C2)N1CCF. The molecule has 1 aromatic carbocycles. The van der Waals surface area contributed by atoms with Gasteiger partial charge in [0.15, 0.2) is 0 Å². The third-order valence-electron chi connectivity index (χ3n) is 6.31. The second kappa shape index (κ2) is 10.2. The molecule has 0 aliphatic carbocycles. The lowest BCUT2D eigenvalue weighted by atomic mass is 10.1. The fourth-order valence-corrected chi connectivity index (χ4v) is 4.56. The summed E-state index contributed by atoms with van der Waals surface area (Å²) in [5, 5.41) is 21.8. The quantitative estimate of drug-likeness (QED) is 0.565. The monoisotopic (exact) mass is 493 g/mol. The van der Waals surface area contributed by atoms with Crippen molar-refractivity contribution in [2.45, 2.75) is 31.5 Å². The molecule has 3 aliphatic heterocycles. The summed E-state index contributed by atoms with van der Waals surface area (Å²) in [5.74, 6) is -0.463. The van der Waals surface area contributed by atoms with Gasteiger partial charge in [0.25, 0.3) is 5.91 Å². The number of carbonyl (C=O) groups excluding carboxylic acids is 1. The first kappa shape index (κ1) is 24.3. The Balaban J connectivity index is 1.50. The van der Waals surface area contributed by atoms with Gasteiger partial charge in [-0.3, -0.25) is 9.69 Å². The molecule has 3 heterocycles. The minimum Gasteiger partial charge on any atom is -0.491 e. The van der Waals surface area contributed by atoms with E-state index in [2.05, 4.69) is 10.3 Å². The number of likely N-dealkylation sites (tertiary alicyclic amines) is 2. The molecule has 0 aromatic heterocycles. The summed E-state index contributed by atoms with van der Waals surface area (Å²) in [4.78, 5) is 20.7. The molecule has 3 aliphatic rings. The summed E-state index contributed by atoms with van der Waals surface area (Å²) in [6, 6.07) is 3.19. The van der Waals surface area contributed by atoms with E-state index >= 15 is 0 Å². The first-order valence-corrected chi connectivity index (χ1v) is 11.3. The predicted octanol–water partition coefficient (Wildman–Crippen LogP) is 2.44. The van der Waals surface area contributed by atoms with Crippen LogP contribution in [0.1, 0.15) is 23.7 Å². The van der Waals surface area contributed by atoms with Crippen LogP contribution in [-0.2, 0) is 0 Å². The lowest BCUT2D eigenvalue weighted by Gasteiger charge is -2.27. The van der Waals surface area contributed by atoms with E-state index in [4.69, 9.17) is 21.7 Å². The molecular weight excluding hydrogens is 468 g/mol. The Hall–Kier alpha value is -2.82. The molecule has 4 rings (SSSR count). The standard InChI is InChI=1S/C23H26ClF2N5O3/c1-13-20(32)7-16(31(13)5-4-25)12-34-21-6-15(26)2-3-17(21)23(33)30-10-18(19(27)11-30)22-28-8-14(24)9-29-22/h2-3,6,8-9,13,16,20,27-28,32H,4-5,7,10-12H2,1H3/b22-18+,27-19?. The second-order valence-electron chi connectivity index (χ2n) is 8.47. The van der Waals surface area contributed by atoms with Crippen LogP contribution < -0.4 is 10.1 Å². The largest absolute Gasteiger partial charge is 0.491 e. The van der Waals surface area contributed by atoms with Crippen LogP contribution >= 0.6 is 11.6 Å². The highest BCUT2D eigenvalue weighted by Crippen LogP contribution is 2.28. The van der Waals surface area contributed by atoms with E-state index in [1.807, 2.05) is 11.8 Å². The van der Waals surface area contributed by atoms with Gasteiger partial charge in [-0.15, -0.1) is 0 Å². The molecule has 0 bridgehead atoms. The van der Waals surface area contributed by atoms with Gasteiger partial charge < -0.3 is 25.5 Å². The first-order valence-electron chi connectivity index (χ1n) is 11.0. The number of ether oxygens (including phenoxy) is 1. The van der Waals surface area contributed by atoms with Crippen LogP contribution in [0, 0.1) is 11.2 Å². The van der Waals surface area contributed by atoms with Crippen LogP contribution in [-0.4, -0.2) is 83.8 Å². The zero-order valence-corrected chi connectivity index (χ0v) is 19.4. The van der Waals surface area contributed by atoms with Gasteiger partial charge in [-0.25, -0.2) is 13.8 Å². The molecule has 1 amide bonds. The van der Waals surface area contributed by atoms with Crippen LogP contribution in [0.3, 0.4) is 0 Å². The lowest BCUT2D eigenvalue weighted by molar-refractivity contribution is 0.0795. The van der Waals surface area contributed by atoms with Crippen molar-refractivity contribution in [3.05, 3.63) is 52.2 Å². The summed E-state index contributed by atoms with van der Waals surface area (Å²) >= 11 is 5.86. The van der Waals surface area contributed by atoms with Gasteiger partial charge in [0.2, 0.25) is 0 Å². The third-order valence-corrected chi connectivity index (χ3v) is 6.52. The van der Waals surface area contributed by atoms with E-state index in [0.717, 1.165) is 6.07 Å². The van der Waals surface area contributed by atoms with E-state index in [9.17, 15) is 18.7 Å². The van der Waals surface area contributed by atoms with E-state index in [0.29, 0.717) is 22.8 Å². The molecule has 8 nitrogen and oxygen atoms in total. The number of allylic oxidation sites excluding steroid dienone is 1. The van der Waals surface area contributed by atoms with Crippen molar-refractivity contribution >= 4 is 29.4 Å². The fraction of sp³-hybridized carbons (Fsp3) is 0.435. The molecule has 2 saturated heterocycles. The number of nitrogens with zero attached hydrogens (tertiary/aromatic N) is 3. The molecular formula is C23H26ClF2N5O3. The number of amides is 1. The molecule has 0 spiro atoms. The Kier molecular flexibility index (Phi) is 7.30. The fourth-order valence-electron chi connectivity index (χ4n) is 4.45. The number of rotatable bonds is 6. The van der Waals surface area contributed by atoms with E-state index in [-0.39, 0.29) is 55.3 Å². The van der Waals surface area contributed by atoms with Crippen LogP contribution in [0.2, 0.25) is 0 Å². The summed E-state index contributed by atoms with van der Waals surface area (Å²) < 4.78 is 32.9. The average molecular weight is 494 g/mol. The first-order chi connectivity index (χ1) is 16.3. The van der Waals surface area contributed by atoms with Crippen LogP contribution in [0.15, 0.2) is 45.8 Å². The number of nitrogens with one attached hydrogen (secondary N) is 2. The molecule has 3 unspecified atom stereocenters. The number of halogens is 3. The van der Waals surface area contributed by atoms with Gasteiger partial charge >= 0.3 is 0 Å². The van der Waals surface area contributed by atoms with Gasteiger partial charge in [-0.2, -0.15) is 0 Å². The lowest BCUT2D eigenvalue weighted by Crippen LogP contribution is -2.41. The van der Waals surface area contributed by atoms with Gasteiger partial charge in [0.05, 0.1) is 35.5 Å². The Bertz CT molecular complexity index is 1080. The number of benzene rings is 1. The number of hydrogen-bond acceptors (Lipinski definition) is 7. The highest BCUT2D eigenvalue weighted by Gasteiger charge is 2.38. The maximum atomic E-state index is 14.0. The number of carbonyl (C=O) groups is 1. The number of alkyl halides is 1. The Morgan fingerprint density at radius 3 is 2.91 bits per heavy atom. The summed E-state index contributed by atoms with van der Waals surface area (Å²) in [6.07, 6.45) is 2.79. The third kappa shape index (κ3) is 4.98. The van der Waals surface area contributed by atoms with Gasteiger partial charge in [0, 0.05) is 42.7 Å². The Labute approximate surface area is 201 Å². The van der Waals surface area contributed by atoms with Crippen LogP contribution in [0.25, 0.3) is 0 Å². The second-order valence-corrected chi connectivity index (χ2v) is 8.91. The van der Waals surface area contributed by atoms with Gasteiger partial charge in [0.1, 0.15) is 30.7 Å². The maximum Gasteiger partial charge on any atom is 0.258 e. The van der Waals surface area contributed by atoms with Gasteiger partial charge in [-0.05, 0) is 25.5 Å². The molecule has 0 saturated carbocycles. The molecule has 3 atom stereocenters. The average Bonchev–Trinajstić information content (AvgIpc) is 3.33. The Morgan fingerprint density at radius 2 is 2.21 bits per heavy atom. The smallest absolute Gasteiger partial charge is 0.258 e. The topological polar surface area (TPSA) is 101 Å². The van der Waals surface area contributed by atoms with E-state index in [1.54, 1.807) is 6.20 Å². The van der Waals surface area contributed by atoms with Crippen molar-refractivity contribution in [3.8, 4) is 5.75 Å². The zero-order valence-electron chi connectivity index (χ0n) is 18.6. The number of aliphatic hydroxyl groups excluding tert-OH is 1. The Morgan fingerprint density at radius 1 is 1.41 bits per heavy atom. The highest BCUT2D eigenvalue weighted by atomic mass is 35.5. The van der Waals surface area contributed by atoms with Crippen molar-refractivity contribution in [2.24, 2.45) is 4.99 Å². The van der Waals surface area contributed by atoms with Crippen molar-refractivity contribution < 1.29 is 23.4 Å². The number of aliphatic imine (C=N–C) groups is 1. The summed E-state index contributed by atoms with van der Waals surface area (Å²) in [5.41, 5.74) is 0.956. The molecule has 0 radical (unpaired) electrons. The van der Waals surface area contributed by atoms with Crippen LogP contribution in [0.4, 0.5) is 8.78 Å². The molecule has 11 heteroatoms. The summed E-state index contributed by atoms with van der Waals surface area (Å²) in [6.45, 7) is 1.71. The highest BCUT2D eigenvalue weighted by molar-refractivity contribution is 6.39. The van der Waals surface area contributed by atoms with Crippen molar-refractivity contribution in [2.75, 3.05) is 32.9 Å². The molecule has 182 valence electrons. The van der Waals surface area contributed by atoms with E-state index < -0.39 is 24.5 Å². The van der Waals surface area contributed by atoms with Gasteiger partial charge in [-0.1, -0.05) is 11.6 Å². The van der Waals surface area contributed by atoms with Crippen molar-refractivity contribution in [3.63, 3.8) is 0 Å². The predicted molar refractivity (Wildman–Crippen MR) is 125 cm³/mol. The van der Waals surface area contributed by atoms with Crippen molar-refractivity contribution in [1.29, 1.82) is 5.41 Å². The molecule has 3 N–H and O–H groups in total. The number of hydrogen-bond donors (Lipinski definition) is 3. The zero-order chi connectivity index (χ0) is 24.4. The summed E-state index contributed by atoms with van der Waals surface area (Å²) in [7, 11) is 0. The maximum absolute atomic E-state index is 14.0. The van der Waals surface area contributed by atoms with Crippen LogP contribution in [0.5, 0.6) is 5.75 Å². The minimum atomic E-state index is -0.614. The van der Waals surface area contributed by atoms with Crippen molar-refractivity contribution in [1.82, 2.24) is 15.1 Å². The molecule has 2 fully saturated rings. The normalized spacial score (nSPS) is 27.2. The van der Waals surface area contributed by atoms with E-state index in [1.165, 1.54) is 23.2 Å². The molecule has 34 heavy (non-hydrogen) atoms. The number of aliphatic hydroxyl groups is 1. The minimum absolute atomic E-state index is 0.0652.